The summed E-state index contributed by atoms with van der Waals surface area (Å²) < 4.78 is 1.79. The van der Waals surface area contributed by atoms with Crippen LogP contribution in [0.1, 0.15) is 18.0 Å². The third-order valence-electron chi connectivity index (χ3n) is 4.92. The Bertz CT molecular complexity index is 992. The number of nitrogens with two attached hydrogens (primary N) is 1. The largest absolute Gasteiger partial charge is 0.392 e. The summed E-state index contributed by atoms with van der Waals surface area (Å²) in [6.07, 6.45) is 2.30. The maximum Gasteiger partial charge on any atom is 0.280 e. The van der Waals surface area contributed by atoms with Crippen molar-refractivity contribution in [1.29, 1.82) is 0 Å². The standard InChI is InChI=1S/C18H19N5O2/c1-10-12(7-11-5-3-2-4-6-11)14(24)8-13(10)23-9-20-15-16(23)21-18(19)22-17(15)25/h2-6,9,12-14,24H,1,7-8H2,(H3,19,21,22,25)/t12-,13+,14-/m1/s1. The van der Waals surface area contributed by atoms with E-state index >= 15 is 0 Å². The van der Waals surface area contributed by atoms with Crippen LogP contribution in [0.3, 0.4) is 0 Å². The normalized spacial score (nSPS) is 23.4. The fraction of sp³-hybridized carbons (Fsp3) is 0.278. The summed E-state index contributed by atoms with van der Waals surface area (Å²) in [5.74, 6) is -0.00608. The number of hydrogen-bond donors (Lipinski definition) is 3. The zero-order chi connectivity index (χ0) is 17.6. The molecule has 7 heteroatoms. The zero-order valence-electron chi connectivity index (χ0n) is 13.6. The molecule has 0 spiro atoms. The lowest BCUT2D eigenvalue weighted by Crippen LogP contribution is -2.16. The topological polar surface area (TPSA) is 110 Å². The third-order valence-corrected chi connectivity index (χ3v) is 4.92. The molecule has 0 bridgehead atoms. The zero-order valence-corrected chi connectivity index (χ0v) is 13.6. The van der Waals surface area contributed by atoms with Crippen molar-refractivity contribution in [2.24, 2.45) is 5.92 Å². The monoisotopic (exact) mass is 337 g/mol. The molecule has 25 heavy (non-hydrogen) atoms. The van der Waals surface area contributed by atoms with Crippen LogP contribution in [0.25, 0.3) is 11.2 Å². The maximum atomic E-state index is 12.0. The molecule has 4 rings (SSSR count). The molecule has 1 fully saturated rings. The number of hydrogen-bond acceptors (Lipinski definition) is 5. The first-order valence-electron chi connectivity index (χ1n) is 8.17. The Morgan fingerprint density at radius 3 is 2.88 bits per heavy atom. The SMILES string of the molecule is C=C1[C@@H](Cc2ccccc2)[C@H](O)C[C@@H]1n1cnc2c(=O)[nH]c(N)nc21. The molecule has 7 nitrogen and oxygen atoms in total. The van der Waals surface area contributed by atoms with Crippen LogP contribution in [0.5, 0.6) is 0 Å². The molecule has 0 unspecified atom stereocenters. The van der Waals surface area contributed by atoms with E-state index < -0.39 is 6.10 Å². The third kappa shape index (κ3) is 2.62. The molecule has 1 aliphatic carbocycles. The van der Waals surface area contributed by atoms with Gasteiger partial charge in [0.2, 0.25) is 5.95 Å². The Labute approximate surface area is 143 Å². The lowest BCUT2D eigenvalue weighted by atomic mass is 9.93. The molecule has 2 aromatic heterocycles. The smallest absolute Gasteiger partial charge is 0.280 e. The first-order chi connectivity index (χ1) is 12.0. The lowest BCUT2D eigenvalue weighted by Gasteiger charge is -2.17. The van der Waals surface area contributed by atoms with Gasteiger partial charge in [0, 0.05) is 5.92 Å². The molecule has 0 aliphatic heterocycles. The van der Waals surface area contributed by atoms with E-state index in [4.69, 9.17) is 5.73 Å². The highest BCUT2D eigenvalue weighted by molar-refractivity contribution is 5.71. The van der Waals surface area contributed by atoms with E-state index in [2.05, 4.69) is 21.5 Å². The van der Waals surface area contributed by atoms with E-state index in [0.717, 1.165) is 17.6 Å². The first-order valence-corrected chi connectivity index (χ1v) is 8.17. The second kappa shape index (κ2) is 5.86. The van der Waals surface area contributed by atoms with Gasteiger partial charge in [-0.15, -0.1) is 0 Å². The molecule has 0 saturated heterocycles. The summed E-state index contributed by atoms with van der Waals surface area (Å²) in [6.45, 7) is 4.22. The Morgan fingerprint density at radius 2 is 2.12 bits per heavy atom. The molecule has 1 aliphatic rings. The van der Waals surface area contributed by atoms with Gasteiger partial charge in [-0.3, -0.25) is 9.78 Å². The van der Waals surface area contributed by atoms with Gasteiger partial charge in [0.25, 0.3) is 5.56 Å². The molecular formula is C18H19N5O2. The van der Waals surface area contributed by atoms with E-state index in [0.29, 0.717) is 12.1 Å². The number of nitrogen functional groups attached to an aromatic ring is 1. The van der Waals surface area contributed by atoms with Gasteiger partial charge < -0.3 is 15.4 Å². The summed E-state index contributed by atoms with van der Waals surface area (Å²) >= 11 is 0. The highest BCUT2D eigenvalue weighted by atomic mass is 16.3. The van der Waals surface area contributed by atoms with Crippen LogP contribution in [0.15, 0.2) is 53.6 Å². The predicted molar refractivity (Wildman–Crippen MR) is 95.0 cm³/mol. The summed E-state index contributed by atoms with van der Waals surface area (Å²) in [5, 5.41) is 10.6. The summed E-state index contributed by atoms with van der Waals surface area (Å²) in [4.78, 5) is 22.8. The van der Waals surface area contributed by atoms with Gasteiger partial charge in [-0.1, -0.05) is 36.9 Å². The molecule has 0 radical (unpaired) electrons. The van der Waals surface area contributed by atoms with Crippen LogP contribution in [0.4, 0.5) is 5.95 Å². The number of aromatic amines is 1. The first kappa shape index (κ1) is 15.6. The average Bonchev–Trinajstić information content (AvgIpc) is 3.12. The molecule has 3 atom stereocenters. The van der Waals surface area contributed by atoms with Gasteiger partial charge in [-0.05, 0) is 24.0 Å². The van der Waals surface area contributed by atoms with Gasteiger partial charge in [-0.2, -0.15) is 4.98 Å². The van der Waals surface area contributed by atoms with Crippen LogP contribution < -0.4 is 11.3 Å². The number of fused-ring (bicyclic) bond motifs is 1. The summed E-state index contributed by atoms with van der Waals surface area (Å²) in [5.41, 5.74) is 8.02. The minimum absolute atomic E-state index is 0.0456. The summed E-state index contributed by atoms with van der Waals surface area (Å²) in [7, 11) is 0. The quantitative estimate of drug-likeness (QED) is 0.626. The van der Waals surface area contributed by atoms with Gasteiger partial charge >= 0.3 is 0 Å². The van der Waals surface area contributed by atoms with E-state index in [1.165, 1.54) is 0 Å². The number of nitrogens with zero attached hydrogens (tertiary/aromatic N) is 3. The lowest BCUT2D eigenvalue weighted by molar-refractivity contribution is 0.138. The van der Waals surface area contributed by atoms with Crippen molar-refractivity contribution in [3.8, 4) is 0 Å². The van der Waals surface area contributed by atoms with Crippen molar-refractivity contribution in [1.82, 2.24) is 19.5 Å². The highest BCUT2D eigenvalue weighted by Crippen LogP contribution is 2.41. The van der Waals surface area contributed by atoms with Gasteiger partial charge in [0.05, 0.1) is 18.5 Å². The highest BCUT2D eigenvalue weighted by Gasteiger charge is 2.38. The van der Waals surface area contributed by atoms with E-state index in [1.807, 2.05) is 30.3 Å². The number of rotatable bonds is 3. The van der Waals surface area contributed by atoms with Crippen LogP contribution in [-0.4, -0.2) is 30.7 Å². The molecule has 4 N–H and O–H groups in total. The van der Waals surface area contributed by atoms with E-state index in [1.54, 1.807) is 10.9 Å². The number of aliphatic hydroxyl groups excluding tert-OH is 1. The Hall–Kier alpha value is -2.93. The minimum atomic E-state index is -0.505. The van der Waals surface area contributed by atoms with Crippen molar-refractivity contribution in [2.45, 2.75) is 25.0 Å². The summed E-state index contributed by atoms with van der Waals surface area (Å²) in [6, 6.07) is 9.86. The number of nitrogens with one attached hydrogen (secondary N) is 1. The van der Waals surface area contributed by atoms with Crippen molar-refractivity contribution >= 4 is 17.1 Å². The number of aromatic nitrogens is 4. The minimum Gasteiger partial charge on any atom is -0.392 e. The van der Waals surface area contributed by atoms with Crippen molar-refractivity contribution in [2.75, 3.05) is 5.73 Å². The second-order valence-corrected chi connectivity index (χ2v) is 6.47. The Balaban J connectivity index is 1.68. The number of benzene rings is 1. The van der Waals surface area contributed by atoms with E-state index in [-0.39, 0.29) is 29.0 Å². The molecule has 3 aromatic rings. The van der Waals surface area contributed by atoms with Crippen LogP contribution >= 0.6 is 0 Å². The molecule has 1 saturated carbocycles. The van der Waals surface area contributed by atoms with Gasteiger partial charge in [0.1, 0.15) is 0 Å². The number of anilines is 1. The van der Waals surface area contributed by atoms with E-state index in [9.17, 15) is 9.90 Å². The fourth-order valence-electron chi connectivity index (χ4n) is 3.64. The molecule has 2 heterocycles. The van der Waals surface area contributed by atoms with Crippen molar-refractivity contribution in [3.63, 3.8) is 0 Å². The number of imidazole rings is 1. The van der Waals surface area contributed by atoms with Crippen molar-refractivity contribution < 1.29 is 5.11 Å². The fourth-order valence-corrected chi connectivity index (χ4v) is 3.64. The van der Waals surface area contributed by atoms with Crippen LogP contribution in [0, 0.1) is 5.92 Å². The van der Waals surface area contributed by atoms with Crippen molar-refractivity contribution in [3.05, 3.63) is 64.7 Å². The molecule has 128 valence electrons. The van der Waals surface area contributed by atoms with Gasteiger partial charge in [0.15, 0.2) is 11.2 Å². The Kier molecular flexibility index (Phi) is 3.65. The number of H-pyrrole nitrogens is 1. The Morgan fingerprint density at radius 1 is 1.36 bits per heavy atom. The molecule has 0 amide bonds. The molecular weight excluding hydrogens is 318 g/mol. The maximum absolute atomic E-state index is 12.0. The molecule has 1 aromatic carbocycles. The predicted octanol–water partition coefficient (Wildman–Crippen LogP) is 1.42. The number of aliphatic hydroxyl groups is 1. The average molecular weight is 337 g/mol. The van der Waals surface area contributed by atoms with Crippen LogP contribution in [-0.2, 0) is 6.42 Å². The van der Waals surface area contributed by atoms with Crippen LogP contribution in [0.2, 0.25) is 0 Å². The second-order valence-electron chi connectivity index (χ2n) is 6.47. The van der Waals surface area contributed by atoms with Gasteiger partial charge in [-0.25, -0.2) is 4.98 Å².